The molecule has 0 saturated heterocycles. The number of carbonyl (C=O) groups excluding carboxylic acids is 1. The fourth-order valence-electron chi connectivity index (χ4n) is 2.72. The van der Waals surface area contributed by atoms with E-state index in [-0.39, 0.29) is 5.91 Å². The van der Waals surface area contributed by atoms with Crippen molar-refractivity contribution in [2.24, 2.45) is 0 Å². The average Bonchev–Trinajstić information content (AvgIpc) is 2.74. The van der Waals surface area contributed by atoms with E-state index in [0.29, 0.717) is 12.3 Å². The summed E-state index contributed by atoms with van der Waals surface area (Å²) in [6.45, 7) is 0.608. The molecular weight excluding hydrogens is 350 g/mol. The van der Waals surface area contributed by atoms with Crippen molar-refractivity contribution >= 4 is 17.7 Å². The van der Waals surface area contributed by atoms with Crippen molar-refractivity contribution < 1.29 is 14.3 Å². The second-order valence-corrected chi connectivity index (χ2v) is 6.17. The van der Waals surface area contributed by atoms with Gasteiger partial charge in [0.25, 0.3) is 0 Å². The number of hydrogen-bond acceptors (Lipinski definition) is 3. The molecule has 0 heterocycles. The lowest BCUT2D eigenvalue weighted by atomic mass is 10.2. The molecule has 1 amide bonds. The van der Waals surface area contributed by atoms with E-state index in [1.807, 2.05) is 66.7 Å². The number of nitrogens with one attached hydrogen (secondary N) is 1. The smallest absolute Gasteiger partial charge is 0.248 e. The molecular formula is C24H23NO3. The van der Waals surface area contributed by atoms with Crippen LogP contribution < -0.4 is 14.8 Å². The van der Waals surface area contributed by atoms with Gasteiger partial charge in [-0.05, 0) is 42.0 Å². The minimum Gasteiger partial charge on any atom is -0.496 e. The molecule has 0 aliphatic rings. The summed E-state index contributed by atoms with van der Waals surface area (Å²) in [6.07, 6.45) is 4.07. The van der Waals surface area contributed by atoms with Crippen LogP contribution in [-0.2, 0) is 11.2 Å². The summed E-state index contributed by atoms with van der Waals surface area (Å²) >= 11 is 0. The van der Waals surface area contributed by atoms with Crippen molar-refractivity contribution in [1.82, 2.24) is 0 Å². The molecule has 3 rings (SSSR count). The lowest BCUT2D eigenvalue weighted by Gasteiger charge is -2.08. The summed E-state index contributed by atoms with van der Waals surface area (Å²) in [6, 6.07) is 25.1. The Kier molecular flexibility index (Phi) is 6.85. The molecule has 0 saturated carbocycles. The number of amides is 1. The van der Waals surface area contributed by atoms with E-state index < -0.39 is 0 Å². The highest BCUT2D eigenvalue weighted by atomic mass is 16.5. The number of carbonyl (C=O) groups is 1. The van der Waals surface area contributed by atoms with E-state index in [2.05, 4.69) is 17.4 Å². The summed E-state index contributed by atoms with van der Waals surface area (Å²) in [5.74, 6) is 1.30. The lowest BCUT2D eigenvalue weighted by Crippen LogP contribution is -2.07. The first-order valence-corrected chi connectivity index (χ1v) is 9.13. The summed E-state index contributed by atoms with van der Waals surface area (Å²) in [5, 5.41) is 2.84. The van der Waals surface area contributed by atoms with Crippen LogP contribution in [0.4, 0.5) is 5.69 Å². The first-order chi connectivity index (χ1) is 13.7. The minimum atomic E-state index is -0.205. The van der Waals surface area contributed by atoms with Crippen LogP contribution in [0.25, 0.3) is 6.08 Å². The second kappa shape index (κ2) is 9.97. The van der Waals surface area contributed by atoms with Crippen LogP contribution >= 0.6 is 0 Å². The molecule has 0 aliphatic carbocycles. The van der Waals surface area contributed by atoms with Gasteiger partial charge in [0, 0.05) is 23.7 Å². The van der Waals surface area contributed by atoms with Gasteiger partial charge in [-0.1, -0.05) is 48.5 Å². The molecule has 3 aromatic carbocycles. The molecule has 0 radical (unpaired) electrons. The van der Waals surface area contributed by atoms with E-state index in [1.165, 1.54) is 11.6 Å². The molecule has 0 atom stereocenters. The van der Waals surface area contributed by atoms with Gasteiger partial charge in [0.05, 0.1) is 13.7 Å². The number of hydrogen-bond donors (Lipinski definition) is 1. The Labute approximate surface area is 165 Å². The van der Waals surface area contributed by atoms with Crippen molar-refractivity contribution in [1.29, 1.82) is 0 Å². The van der Waals surface area contributed by atoms with Crippen LogP contribution in [0.15, 0.2) is 84.9 Å². The molecule has 4 heteroatoms. The normalized spacial score (nSPS) is 10.6. The van der Waals surface area contributed by atoms with Crippen molar-refractivity contribution in [2.45, 2.75) is 6.42 Å². The van der Waals surface area contributed by atoms with Gasteiger partial charge >= 0.3 is 0 Å². The average molecular weight is 373 g/mol. The maximum Gasteiger partial charge on any atom is 0.248 e. The lowest BCUT2D eigenvalue weighted by molar-refractivity contribution is -0.111. The molecule has 0 aliphatic heterocycles. The van der Waals surface area contributed by atoms with Gasteiger partial charge in [-0.2, -0.15) is 0 Å². The van der Waals surface area contributed by atoms with Crippen molar-refractivity contribution in [3.8, 4) is 11.5 Å². The van der Waals surface area contributed by atoms with Crippen LogP contribution in [0.1, 0.15) is 11.1 Å². The highest BCUT2D eigenvalue weighted by molar-refractivity contribution is 6.02. The van der Waals surface area contributed by atoms with Gasteiger partial charge in [-0.15, -0.1) is 0 Å². The van der Waals surface area contributed by atoms with Gasteiger partial charge in [0.2, 0.25) is 5.91 Å². The zero-order valence-corrected chi connectivity index (χ0v) is 15.8. The first kappa shape index (κ1) is 19.2. The molecule has 0 fully saturated rings. The zero-order valence-electron chi connectivity index (χ0n) is 15.8. The van der Waals surface area contributed by atoms with Gasteiger partial charge < -0.3 is 14.8 Å². The van der Waals surface area contributed by atoms with E-state index in [0.717, 1.165) is 23.5 Å². The number of anilines is 1. The third kappa shape index (κ3) is 5.74. The number of benzene rings is 3. The molecule has 4 nitrogen and oxygen atoms in total. The summed E-state index contributed by atoms with van der Waals surface area (Å²) in [7, 11) is 1.61. The highest BCUT2D eigenvalue weighted by Gasteiger charge is 2.02. The van der Waals surface area contributed by atoms with E-state index in [4.69, 9.17) is 9.47 Å². The minimum absolute atomic E-state index is 0.205. The predicted molar refractivity (Wildman–Crippen MR) is 113 cm³/mol. The molecule has 28 heavy (non-hydrogen) atoms. The monoisotopic (exact) mass is 373 g/mol. The Morgan fingerprint density at radius 3 is 2.39 bits per heavy atom. The van der Waals surface area contributed by atoms with Crippen molar-refractivity contribution in [2.75, 3.05) is 19.0 Å². The Balaban J connectivity index is 1.49. The number of ether oxygens (including phenoxy) is 2. The van der Waals surface area contributed by atoms with Crippen LogP contribution in [0.3, 0.4) is 0 Å². The fourth-order valence-corrected chi connectivity index (χ4v) is 2.72. The van der Waals surface area contributed by atoms with Crippen LogP contribution in [0.5, 0.6) is 11.5 Å². The van der Waals surface area contributed by atoms with Crippen LogP contribution in [0, 0.1) is 0 Å². The largest absolute Gasteiger partial charge is 0.496 e. The first-order valence-electron chi connectivity index (χ1n) is 9.13. The molecule has 0 unspecified atom stereocenters. The van der Waals surface area contributed by atoms with Gasteiger partial charge in [0.15, 0.2) is 0 Å². The predicted octanol–water partition coefficient (Wildman–Crippen LogP) is 4.97. The molecule has 0 bridgehead atoms. The van der Waals surface area contributed by atoms with Gasteiger partial charge in [0.1, 0.15) is 11.5 Å². The highest BCUT2D eigenvalue weighted by Crippen LogP contribution is 2.19. The molecule has 0 spiro atoms. The Bertz CT molecular complexity index is 918. The summed E-state index contributed by atoms with van der Waals surface area (Å²) in [5.41, 5.74) is 2.81. The summed E-state index contributed by atoms with van der Waals surface area (Å²) < 4.78 is 11.0. The molecule has 0 aromatic heterocycles. The summed E-state index contributed by atoms with van der Waals surface area (Å²) in [4.78, 5) is 12.1. The van der Waals surface area contributed by atoms with Gasteiger partial charge in [-0.25, -0.2) is 0 Å². The quantitative estimate of drug-likeness (QED) is 0.567. The maximum atomic E-state index is 12.1. The third-order valence-corrected chi connectivity index (χ3v) is 4.18. The number of rotatable bonds is 8. The Hall–Kier alpha value is -3.53. The fraction of sp³-hybridized carbons (Fsp3) is 0.125. The van der Waals surface area contributed by atoms with E-state index in [1.54, 1.807) is 13.2 Å². The van der Waals surface area contributed by atoms with Crippen molar-refractivity contribution in [3.05, 3.63) is 96.1 Å². The third-order valence-electron chi connectivity index (χ3n) is 4.18. The van der Waals surface area contributed by atoms with Crippen molar-refractivity contribution in [3.63, 3.8) is 0 Å². The van der Waals surface area contributed by atoms with Crippen LogP contribution in [0.2, 0.25) is 0 Å². The molecule has 142 valence electrons. The number of methoxy groups -OCH3 is 1. The van der Waals surface area contributed by atoms with Gasteiger partial charge in [-0.3, -0.25) is 4.79 Å². The van der Waals surface area contributed by atoms with E-state index in [9.17, 15) is 4.79 Å². The topological polar surface area (TPSA) is 47.6 Å². The van der Waals surface area contributed by atoms with E-state index >= 15 is 0 Å². The molecule has 3 aromatic rings. The Morgan fingerprint density at radius 1 is 0.929 bits per heavy atom. The second-order valence-electron chi connectivity index (χ2n) is 6.17. The molecule has 1 N–H and O–H groups in total. The number of para-hydroxylation sites is 1. The standard InChI is InChI=1S/C24H23NO3/c1-27-23-10-6-5-9-20(23)11-16-24(26)25-21-12-14-22(15-13-21)28-18-17-19-7-3-2-4-8-19/h2-16H,17-18H2,1H3,(H,25,26)/b16-11+. The SMILES string of the molecule is COc1ccccc1/C=C/C(=O)Nc1ccc(OCCc2ccccc2)cc1. The zero-order chi connectivity index (χ0) is 19.6. The Morgan fingerprint density at radius 2 is 1.64 bits per heavy atom. The van der Waals surface area contributed by atoms with Crippen LogP contribution in [-0.4, -0.2) is 19.6 Å². The maximum absolute atomic E-state index is 12.1.